The first kappa shape index (κ1) is 14.3. The van der Waals surface area contributed by atoms with Gasteiger partial charge in [-0.15, -0.1) is 0 Å². The van der Waals surface area contributed by atoms with Crippen LogP contribution in [0.15, 0.2) is 42.6 Å². The highest BCUT2D eigenvalue weighted by Crippen LogP contribution is 2.22. The second kappa shape index (κ2) is 6.01. The second-order valence-electron chi connectivity index (χ2n) is 5.31. The van der Waals surface area contributed by atoms with Crippen LogP contribution in [0.2, 0.25) is 0 Å². The van der Waals surface area contributed by atoms with Gasteiger partial charge in [0.15, 0.2) is 0 Å². The van der Waals surface area contributed by atoms with Crippen LogP contribution in [-0.4, -0.2) is 28.7 Å². The summed E-state index contributed by atoms with van der Waals surface area (Å²) in [5.41, 5.74) is 1.14. The summed E-state index contributed by atoms with van der Waals surface area (Å²) in [4.78, 5) is 22.0. The fourth-order valence-electron chi connectivity index (χ4n) is 2.41. The normalized spacial score (nSPS) is 18.9. The fourth-order valence-corrected chi connectivity index (χ4v) is 2.41. The third-order valence-corrected chi connectivity index (χ3v) is 3.62. The number of hydrogen-bond donors (Lipinski definition) is 1. The van der Waals surface area contributed by atoms with Crippen LogP contribution in [0.3, 0.4) is 0 Å². The van der Waals surface area contributed by atoms with E-state index in [2.05, 4.69) is 15.3 Å². The molecule has 1 fully saturated rings. The lowest BCUT2D eigenvalue weighted by molar-refractivity contribution is 0.179. The second-order valence-corrected chi connectivity index (χ2v) is 5.31. The van der Waals surface area contributed by atoms with E-state index in [1.165, 1.54) is 0 Å². The van der Waals surface area contributed by atoms with Crippen LogP contribution < -0.4 is 10.2 Å². The molecule has 0 radical (unpaired) electrons. The molecule has 0 saturated carbocycles. The molecule has 114 valence electrons. The number of anilines is 2. The van der Waals surface area contributed by atoms with Crippen LogP contribution >= 0.6 is 0 Å². The zero-order valence-corrected chi connectivity index (χ0v) is 12.6. The fraction of sp³-hybridized carbons (Fsp3) is 0.312. The predicted molar refractivity (Wildman–Crippen MR) is 83.8 cm³/mol. The highest BCUT2D eigenvalue weighted by atomic mass is 16.6. The summed E-state index contributed by atoms with van der Waals surface area (Å²) in [6.45, 7) is 4.34. The van der Waals surface area contributed by atoms with Crippen molar-refractivity contribution in [2.75, 3.05) is 16.8 Å². The molecular weight excluding hydrogens is 280 g/mol. The summed E-state index contributed by atoms with van der Waals surface area (Å²) < 4.78 is 5.03. The Morgan fingerprint density at radius 2 is 2.09 bits per heavy atom. The van der Waals surface area contributed by atoms with Crippen molar-refractivity contribution >= 4 is 17.9 Å². The van der Waals surface area contributed by atoms with Gasteiger partial charge in [0.25, 0.3) is 0 Å². The van der Waals surface area contributed by atoms with Gasteiger partial charge in [-0.1, -0.05) is 30.3 Å². The smallest absolute Gasteiger partial charge is 0.415 e. The Kier molecular flexibility index (Phi) is 3.91. The molecule has 3 rings (SSSR count). The van der Waals surface area contributed by atoms with Crippen molar-refractivity contribution in [3.8, 4) is 0 Å². The number of benzene rings is 1. The zero-order chi connectivity index (χ0) is 15.5. The van der Waals surface area contributed by atoms with Gasteiger partial charge < -0.3 is 10.1 Å². The zero-order valence-electron chi connectivity index (χ0n) is 12.6. The molecule has 0 spiro atoms. The Balaban J connectivity index is 1.78. The monoisotopic (exact) mass is 298 g/mol. The lowest BCUT2D eigenvalue weighted by Gasteiger charge is -2.18. The maximum absolute atomic E-state index is 11.8. The molecule has 1 N–H and O–H groups in total. The quantitative estimate of drug-likeness (QED) is 0.940. The van der Waals surface area contributed by atoms with E-state index in [1.54, 1.807) is 17.2 Å². The number of nitrogens with one attached hydrogen (secondary N) is 1. The van der Waals surface area contributed by atoms with Gasteiger partial charge in [0.1, 0.15) is 12.4 Å². The molecule has 6 heteroatoms. The van der Waals surface area contributed by atoms with Gasteiger partial charge in [-0.3, -0.25) is 4.90 Å². The van der Waals surface area contributed by atoms with Crippen molar-refractivity contribution in [3.05, 3.63) is 48.2 Å². The van der Waals surface area contributed by atoms with Gasteiger partial charge in [0, 0.05) is 6.20 Å². The maximum atomic E-state index is 11.8. The predicted octanol–water partition coefficient (Wildman–Crippen LogP) is 2.99. The number of cyclic esters (lactones) is 1. The molecule has 1 amide bonds. The van der Waals surface area contributed by atoms with Crippen molar-refractivity contribution in [2.45, 2.75) is 25.9 Å². The van der Waals surface area contributed by atoms with Crippen molar-refractivity contribution in [1.82, 2.24) is 9.97 Å². The molecule has 1 aromatic carbocycles. The molecule has 6 nitrogen and oxygen atoms in total. The minimum Gasteiger partial charge on any atom is -0.447 e. The van der Waals surface area contributed by atoms with Crippen LogP contribution in [0, 0.1) is 0 Å². The Morgan fingerprint density at radius 3 is 2.77 bits per heavy atom. The van der Waals surface area contributed by atoms with E-state index in [9.17, 15) is 4.79 Å². The lowest BCUT2D eigenvalue weighted by Crippen LogP contribution is -2.31. The molecule has 22 heavy (non-hydrogen) atoms. The molecular formula is C16H18N4O2. The van der Waals surface area contributed by atoms with E-state index in [0.717, 1.165) is 5.56 Å². The van der Waals surface area contributed by atoms with Crippen LogP contribution in [0.4, 0.5) is 16.6 Å². The molecule has 1 unspecified atom stereocenters. The van der Waals surface area contributed by atoms with Gasteiger partial charge in [-0.25, -0.2) is 9.78 Å². The highest BCUT2D eigenvalue weighted by Gasteiger charge is 2.32. The number of nitrogens with zero attached hydrogens (tertiary/aromatic N) is 3. The summed E-state index contributed by atoms with van der Waals surface area (Å²) in [6.07, 6.45) is 1.27. The molecule has 1 aliphatic rings. The highest BCUT2D eigenvalue weighted by molar-refractivity contribution is 5.89. The average Bonchev–Trinajstić information content (AvgIpc) is 2.87. The first-order valence-electron chi connectivity index (χ1n) is 7.25. The Hall–Kier alpha value is -2.63. The number of rotatable bonds is 4. The first-order valence-corrected chi connectivity index (χ1v) is 7.25. The van der Waals surface area contributed by atoms with Gasteiger partial charge in [0.05, 0.1) is 12.1 Å². The third kappa shape index (κ3) is 2.86. The van der Waals surface area contributed by atoms with E-state index >= 15 is 0 Å². The summed E-state index contributed by atoms with van der Waals surface area (Å²) in [5.74, 6) is 1.04. The summed E-state index contributed by atoms with van der Waals surface area (Å²) >= 11 is 0. The molecule has 0 bridgehead atoms. The minimum absolute atomic E-state index is 0.0261. The van der Waals surface area contributed by atoms with Crippen molar-refractivity contribution in [2.24, 2.45) is 0 Å². The van der Waals surface area contributed by atoms with E-state index in [4.69, 9.17) is 4.74 Å². The lowest BCUT2D eigenvalue weighted by atomic mass is 10.1. The molecule has 2 aromatic rings. The SMILES string of the molecule is CC1COC(=O)N1c1ccnc(N[C@@H](C)c2ccccc2)n1. The number of carbonyl (C=O) groups excluding carboxylic acids is 1. The average molecular weight is 298 g/mol. The van der Waals surface area contributed by atoms with Gasteiger partial charge in [-0.05, 0) is 25.5 Å². The number of amides is 1. The number of carbonyl (C=O) groups is 1. The van der Waals surface area contributed by atoms with E-state index in [1.807, 2.05) is 44.2 Å². The minimum atomic E-state index is -0.367. The van der Waals surface area contributed by atoms with Gasteiger partial charge in [0.2, 0.25) is 5.95 Å². The largest absolute Gasteiger partial charge is 0.447 e. The Morgan fingerprint density at radius 1 is 1.32 bits per heavy atom. The summed E-state index contributed by atoms with van der Waals surface area (Å²) in [7, 11) is 0. The Bertz CT molecular complexity index is 662. The Labute approximate surface area is 129 Å². The van der Waals surface area contributed by atoms with Crippen LogP contribution in [-0.2, 0) is 4.74 Å². The number of hydrogen-bond acceptors (Lipinski definition) is 5. The number of ether oxygens (including phenoxy) is 1. The van der Waals surface area contributed by atoms with Crippen LogP contribution in [0.1, 0.15) is 25.5 Å². The van der Waals surface area contributed by atoms with E-state index < -0.39 is 0 Å². The van der Waals surface area contributed by atoms with Crippen molar-refractivity contribution < 1.29 is 9.53 Å². The van der Waals surface area contributed by atoms with E-state index in [-0.39, 0.29) is 18.2 Å². The first-order chi connectivity index (χ1) is 10.6. The van der Waals surface area contributed by atoms with Gasteiger partial charge >= 0.3 is 6.09 Å². The summed E-state index contributed by atoms with van der Waals surface area (Å²) in [6, 6.07) is 11.8. The van der Waals surface area contributed by atoms with Crippen LogP contribution in [0.25, 0.3) is 0 Å². The number of aromatic nitrogens is 2. The molecule has 1 aliphatic heterocycles. The molecule has 2 heterocycles. The van der Waals surface area contributed by atoms with Crippen molar-refractivity contribution in [3.63, 3.8) is 0 Å². The molecule has 1 aromatic heterocycles. The van der Waals surface area contributed by atoms with E-state index in [0.29, 0.717) is 18.4 Å². The molecule has 0 aliphatic carbocycles. The standard InChI is InChI=1S/C16H18N4O2/c1-11-10-22-16(21)20(11)14-8-9-17-15(19-14)18-12(2)13-6-4-3-5-7-13/h3-9,11-12H,10H2,1-2H3,(H,17,18,19)/t11?,12-/m0/s1. The molecule has 1 saturated heterocycles. The summed E-state index contributed by atoms with van der Waals surface area (Å²) in [5, 5.41) is 3.25. The topological polar surface area (TPSA) is 67.3 Å². The third-order valence-electron chi connectivity index (χ3n) is 3.62. The van der Waals surface area contributed by atoms with Gasteiger partial charge in [-0.2, -0.15) is 4.98 Å². The van der Waals surface area contributed by atoms with Crippen LogP contribution in [0.5, 0.6) is 0 Å². The van der Waals surface area contributed by atoms with Crippen molar-refractivity contribution in [1.29, 1.82) is 0 Å². The molecule has 2 atom stereocenters. The maximum Gasteiger partial charge on any atom is 0.415 e.